The molecule has 2 heteroatoms. The molecule has 0 aliphatic carbocycles. The summed E-state index contributed by atoms with van der Waals surface area (Å²) in [6.45, 7) is 12.3. The molecule has 12 heavy (non-hydrogen) atoms. The Bertz CT molecular complexity index is 167. The van der Waals surface area contributed by atoms with Gasteiger partial charge in [-0.05, 0) is 12.3 Å². The summed E-state index contributed by atoms with van der Waals surface area (Å²) in [6, 6.07) is 0. The second kappa shape index (κ2) is 3.38. The molecule has 1 aliphatic rings. The van der Waals surface area contributed by atoms with E-state index in [0.717, 1.165) is 19.8 Å². The summed E-state index contributed by atoms with van der Waals surface area (Å²) >= 11 is 0. The number of nitrogens with zero attached hydrogens (tertiary/aromatic N) is 2. The van der Waals surface area contributed by atoms with Crippen LogP contribution in [0.15, 0.2) is 12.4 Å². The van der Waals surface area contributed by atoms with Crippen molar-refractivity contribution in [2.24, 2.45) is 5.41 Å². The quantitative estimate of drug-likeness (QED) is 0.623. The first kappa shape index (κ1) is 9.43. The van der Waals surface area contributed by atoms with Crippen molar-refractivity contribution in [3.8, 4) is 0 Å². The monoisotopic (exact) mass is 168 g/mol. The molecule has 2 nitrogen and oxygen atoms in total. The summed E-state index contributed by atoms with van der Waals surface area (Å²) in [5.41, 5.74) is 0.397. The van der Waals surface area contributed by atoms with E-state index in [-0.39, 0.29) is 0 Å². The molecule has 0 amide bonds. The highest BCUT2D eigenvalue weighted by Gasteiger charge is 2.17. The number of rotatable bonds is 2. The molecule has 1 aliphatic heterocycles. The predicted octanol–water partition coefficient (Wildman–Crippen LogP) is 2.10. The molecule has 0 bridgehead atoms. The lowest BCUT2D eigenvalue weighted by atomic mass is 9.96. The lowest BCUT2D eigenvalue weighted by Gasteiger charge is -2.27. The van der Waals surface area contributed by atoms with Crippen LogP contribution in [0.2, 0.25) is 0 Å². The van der Waals surface area contributed by atoms with Gasteiger partial charge in [0.2, 0.25) is 0 Å². The number of hydrogen-bond donors (Lipinski definition) is 0. The van der Waals surface area contributed by atoms with Crippen LogP contribution in [0.25, 0.3) is 0 Å². The van der Waals surface area contributed by atoms with Crippen molar-refractivity contribution in [1.29, 1.82) is 0 Å². The first-order valence-corrected chi connectivity index (χ1v) is 4.68. The smallest absolute Gasteiger partial charge is 0.0893 e. The molecule has 0 atom stereocenters. The Labute approximate surface area is 75.8 Å². The summed E-state index contributed by atoms with van der Waals surface area (Å²) in [5, 5.41) is 0. The van der Waals surface area contributed by atoms with Crippen LogP contribution in [0.3, 0.4) is 0 Å². The van der Waals surface area contributed by atoms with Crippen LogP contribution in [0, 0.1) is 5.41 Å². The highest BCUT2D eigenvalue weighted by Crippen LogP contribution is 2.17. The normalized spacial score (nSPS) is 17.7. The van der Waals surface area contributed by atoms with E-state index in [1.165, 1.54) is 0 Å². The first-order chi connectivity index (χ1) is 5.51. The predicted molar refractivity (Wildman–Crippen MR) is 52.5 cm³/mol. The van der Waals surface area contributed by atoms with Gasteiger partial charge in [-0.15, -0.1) is 0 Å². The zero-order valence-corrected chi connectivity index (χ0v) is 8.67. The molecule has 0 fully saturated rings. The molecule has 0 radical (unpaired) electrons. The van der Waals surface area contributed by atoms with Gasteiger partial charge in [0.25, 0.3) is 0 Å². The summed E-state index contributed by atoms with van der Waals surface area (Å²) in [6.07, 6.45) is 4.36. The summed E-state index contributed by atoms with van der Waals surface area (Å²) in [4.78, 5) is 4.68. The Balaban J connectivity index is 2.34. The summed E-state index contributed by atoms with van der Waals surface area (Å²) < 4.78 is 0. The minimum atomic E-state index is 0.397. The van der Waals surface area contributed by atoms with Crippen LogP contribution in [0.4, 0.5) is 0 Å². The number of hydrogen-bond acceptors (Lipinski definition) is 2. The molecule has 70 valence electrons. The minimum Gasteiger partial charge on any atom is -0.359 e. The van der Waals surface area contributed by atoms with Gasteiger partial charge in [-0.1, -0.05) is 20.8 Å². The van der Waals surface area contributed by atoms with E-state index < -0.39 is 0 Å². The molecular weight excluding hydrogens is 148 g/mol. The van der Waals surface area contributed by atoms with Gasteiger partial charge < -0.3 is 9.80 Å². The molecular formula is C10H20N2. The topological polar surface area (TPSA) is 6.48 Å². The average molecular weight is 168 g/mol. The third-order valence-electron chi connectivity index (χ3n) is 1.94. The fourth-order valence-electron chi connectivity index (χ4n) is 1.43. The van der Waals surface area contributed by atoms with Gasteiger partial charge in [0.05, 0.1) is 6.67 Å². The molecule has 1 rings (SSSR count). The Kier molecular flexibility index (Phi) is 2.65. The lowest BCUT2D eigenvalue weighted by Crippen LogP contribution is -2.31. The van der Waals surface area contributed by atoms with Gasteiger partial charge in [-0.3, -0.25) is 0 Å². The SMILES string of the molecule is CCN1C=CN(CC(C)(C)C)C1. The van der Waals surface area contributed by atoms with Crippen molar-refractivity contribution in [1.82, 2.24) is 9.80 Å². The Hall–Kier alpha value is -0.660. The van der Waals surface area contributed by atoms with E-state index in [2.05, 4.69) is 49.9 Å². The van der Waals surface area contributed by atoms with Crippen LogP contribution < -0.4 is 0 Å². The van der Waals surface area contributed by atoms with Gasteiger partial charge >= 0.3 is 0 Å². The van der Waals surface area contributed by atoms with E-state index in [4.69, 9.17) is 0 Å². The first-order valence-electron chi connectivity index (χ1n) is 4.68. The third kappa shape index (κ3) is 2.76. The van der Waals surface area contributed by atoms with Gasteiger partial charge in [0.15, 0.2) is 0 Å². The van der Waals surface area contributed by atoms with E-state index in [1.54, 1.807) is 0 Å². The fourth-order valence-corrected chi connectivity index (χ4v) is 1.43. The second-order valence-corrected chi connectivity index (χ2v) is 4.65. The largest absolute Gasteiger partial charge is 0.359 e. The maximum absolute atomic E-state index is 2.36. The molecule has 0 spiro atoms. The lowest BCUT2D eigenvalue weighted by molar-refractivity contribution is 0.208. The highest BCUT2D eigenvalue weighted by atomic mass is 15.3. The van der Waals surface area contributed by atoms with Gasteiger partial charge in [-0.2, -0.15) is 0 Å². The second-order valence-electron chi connectivity index (χ2n) is 4.65. The standard InChI is InChI=1S/C10H20N2/c1-5-11-6-7-12(9-11)8-10(2,3)4/h6-7H,5,8-9H2,1-4H3. The van der Waals surface area contributed by atoms with Crippen molar-refractivity contribution in [3.05, 3.63) is 12.4 Å². The van der Waals surface area contributed by atoms with E-state index in [1.807, 2.05) is 0 Å². The summed E-state index contributed by atoms with van der Waals surface area (Å²) in [5.74, 6) is 0. The minimum absolute atomic E-state index is 0.397. The van der Waals surface area contributed by atoms with Gasteiger partial charge in [-0.25, -0.2) is 0 Å². The van der Waals surface area contributed by atoms with Crippen molar-refractivity contribution < 1.29 is 0 Å². The fraction of sp³-hybridized carbons (Fsp3) is 0.800. The van der Waals surface area contributed by atoms with Crippen LogP contribution in [0.5, 0.6) is 0 Å². The van der Waals surface area contributed by atoms with Gasteiger partial charge in [0.1, 0.15) is 0 Å². The molecule has 1 heterocycles. The van der Waals surface area contributed by atoms with Crippen LogP contribution in [0.1, 0.15) is 27.7 Å². The van der Waals surface area contributed by atoms with E-state index in [9.17, 15) is 0 Å². The molecule has 0 aromatic heterocycles. The highest BCUT2D eigenvalue weighted by molar-refractivity contribution is 4.91. The zero-order chi connectivity index (χ0) is 9.19. The van der Waals surface area contributed by atoms with Gasteiger partial charge in [0, 0.05) is 25.5 Å². The molecule has 0 N–H and O–H groups in total. The Morgan fingerprint density at radius 1 is 1.17 bits per heavy atom. The van der Waals surface area contributed by atoms with Crippen LogP contribution in [-0.2, 0) is 0 Å². The van der Waals surface area contributed by atoms with Crippen LogP contribution in [-0.4, -0.2) is 29.6 Å². The zero-order valence-electron chi connectivity index (χ0n) is 8.67. The maximum Gasteiger partial charge on any atom is 0.0893 e. The van der Waals surface area contributed by atoms with Crippen LogP contribution >= 0.6 is 0 Å². The van der Waals surface area contributed by atoms with Crippen molar-refractivity contribution in [2.45, 2.75) is 27.7 Å². The van der Waals surface area contributed by atoms with Crippen molar-refractivity contribution in [3.63, 3.8) is 0 Å². The molecule has 0 saturated heterocycles. The maximum atomic E-state index is 2.36. The molecule has 0 saturated carbocycles. The average Bonchev–Trinajstić information content (AvgIpc) is 2.32. The molecule has 0 unspecified atom stereocenters. The summed E-state index contributed by atoms with van der Waals surface area (Å²) in [7, 11) is 0. The van der Waals surface area contributed by atoms with Crippen molar-refractivity contribution >= 4 is 0 Å². The molecule has 0 aromatic carbocycles. The van der Waals surface area contributed by atoms with E-state index >= 15 is 0 Å². The van der Waals surface area contributed by atoms with Crippen molar-refractivity contribution in [2.75, 3.05) is 19.8 Å². The van der Waals surface area contributed by atoms with E-state index in [0.29, 0.717) is 5.41 Å². The Morgan fingerprint density at radius 2 is 1.75 bits per heavy atom. The molecule has 0 aromatic rings. The Morgan fingerprint density at radius 3 is 2.17 bits per heavy atom. The third-order valence-corrected chi connectivity index (χ3v) is 1.94.